The molecule has 188 valence electrons. The summed E-state index contributed by atoms with van der Waals surface area (Å²) >= 11 is -2.32. The topological polar surface area (TPSA) is 0 Å². The number of hydrogen-bond acceptors (Lipinski definition) is 0. The van der Waals surface area contributed by atoms with E-state index >= 15 is 0 Å². The molecule has 0 N–H and O–H groups in total. The summed E-state index contributed by atoms with van der Waals surface area (Å²) in [6, 6.07) is 26.0. The van der Waals surface area contributed by atoms with Crippen LogP contribution in [-0.2, 0) is 16.6 Å². The Kier molecular flexibility index (Phi) is 7.10. The molecular weight excluding hydrogens is 484 g/mol. The van der Waals surface area contributed by atoms with Gasteiger partial charge in [-0.1, -0.05) is 0 Å². The fraction of sp³-hybridized carbons (Fsp3) is 0.353. The Balaban J connectivity index is 2.38. The Labute approximate surface area is 224 Å². The summed E-state index contributed by atoms with van der Waals surface area (Å²) in [5.74, 6) is 0. The van der Waals surface area contributed by atoms with Crippen molar-refractivity contribution in [2.24, 2.45) is 0 Å². The Bertz CT molecular complexity index is 1330. The van der Waals surface area contributed by atoms with Crippen molar-refractivity contribution >= 4 is 23.6 Å². The van der Waals surface area contributed by atoms with E-state index in [1.807, 2.05) is 0 Å². The Morgan fingerprint density at radius 3 is 1.53 bits per heavy atom. The van der Waals surface area contributed by atoms with Crippen molar-refractivity contribution in [3.63, 3.8) is 0 Å². The minimum atomic E-state index is -2.66. The molecule has 1 unspecified atom stereocenters. The monoisotopic (exact) mass is 528 g/mol. The zero-order valence-corrected chi connectivity index (χ0v) is 26.9. The zero-order valence-electron chi connectivity index (χ0n) is 24.4. The molecule has 0 saturated heterocycles. The van der Waals surface area contributed by atoms with Crippen molar-refractivity contribution in [1.29, 1.82) is 0 Å². The molecule has 0 spiro atoms. The van der Waals surface area contributed by atoms with E-state index in [9.17, 15) is 0 Å². The van der Waals surface area contributed by atoms with Gasteiger partial charge >= 0.3 is 226 Å². The maximum absolute atomic E-state index is 2.66. The van der Waals surface area contributed by atoms with Crippen LogP contribution >= 0.6 is 0 Å². The Hall–Kier alpha value is -1.93. The molecule has 0 amide bonds. The van der Waals surface area contributed by atoms with Crippen LogP contribution in [0, 0.1) is 27.7 Å². The molecule has 1 aliphatic carbocycles. The number of benzene rings is 3. The summed E-state index contributed by atoms with van der Waals surface area (Å²) in [5.41, 5.74) is 10.2. The molecule has 3 aromatic carbocycles. The van der Waals surface area contributed by atoms with Gasteiger partial charge in [-0.15, -0.1) is 0 Å². The van der Waals surface area contributed by atoms with Gasteiger partial charge < -0.3 is 0 Å². The van der Waals surface area contributed by atoms with Gasteiger partial charge in [0.25, 0.3) is 0 Å². The van der Waals surface area contributed by atoms with E-state index in [1.54, 1.807) is 25.4 Å². The first kappa shape index (κ1) is 27.1. The molecule has 1 atom stereocenters. The first-order chi connectivity index (χ1) is 16.8. The van der Waals surface area contributed by atoms with Gasteiger partial charge in [-0.2, -0.15) is 0 Å². The summed E-state index contributed by atoms with van der Waals surface area (Å²) in [6.45, 7) is 19.2. The first-order valence-electron chi connectivity index (χ1n) is 13.4. The number of hydrogen-bond donors (Lipinski definition) is 0. The SMILES string of the molecule is CC1=C(C)C(C)([Si](c2ccccc2)(c2cc(C)ccc2C)c2cc(C)ccc2C)[C]([Ti]([CH3])([CH3])[CH3])=C1C. The van der Waals surface area contributed by atoms with E-state index in [0.29, 0.717) is 0 Å². The van der Waals surface area contributed by atoms with E-state index in [1.165, 1.54) is 33.0 Å². The van der Waals surface area contributed by atoms with Crippen LogP contribution in [0.1, 0.15) is 49.9 Å². The first-order valence-corrected chi connectivity index (χ1v) is 20.9. The van der Waals surface area contributed by atoms with E-state index < -0.39 is 24.7 Å². The van der Waals surface area contributed by atoms with Crippen molar-refractivity contribution in [2.75, 3.05) is 0 Å². The van der Waals surface area contributed by atoms with Crippen molar-refractivity contribution < 1.29 is 16.6 Å². The van der Waals surface area contributed by atoms with Crippen LogP contribution in [0.2, 0.25) is 20.7 Å². The quantitative estimate of drug-likeness (QED) is 0.232. The Morgan fingerprint density at radius 2 is 1.08 bits per heavy atom. The molecule has 0 nitrogen and oxygen atoms in total. The molecule has 4 rings (SSSR count). The molecule has 0 bridgehead atoms. The van der Waals surface area contributed by atoms with E-state index in [0.717, 1.165) is 0 Å². The second kappa shape index (κ2) is 9.43. The van der Waals surface area contributed by atoms with Crippen molar-refractivity contribution in [1.82, 2.24) is 0 Å². The van der Waals surface area contributed by atoms with Crippen LogP contribution in [0.3, 0.4) is 0 Å². The molecule has 2 heteroatoms. The number of rotatable bonds is 5. The molecule has 0 aromatic heterocycles. The summed E-state index contributed by atoms with van der Waals surface area (Å²) in [6.07, 6.45) is 0. The normalized spacial score (nSPS) is 18.9. The van der Waals surface area contributed by atoms with Crippen LogP contribution in [0.15, 0.2) is 87.3 Å². The van der Waals surface area contributed by atoms with Gasteiger partial charge in [-0.05, 0) is 0 Å². The average molecular weight is 529 g/mol. The van der Waals surface area contributed by atoms with Gasteiger partial charge in [-0.25, -0.2) is 0 Å². The van der Waals surface area contributed by atoms with E-state index in [-0.39, 0.29) is 5.04 Å². The van der Waals surface area contributed by atoms with Gasteiger partial charge in [-0.3, -0.25) is 0 Å². The summed E-state index contributed by atoms with van der Waals surface area (Å²) < 4.78 is 1.80. The molecule has 0 radical (unpaired) electrons. The summed E-state index contributed by atoms with van der Waals surface area (Å²) in [5, 5.41) is 12.5. The second-order valence-corrected chi connectivity index (χ2v) is 24.3. The van der Waals surface area contributed by atoms with Crippen LogP contribution in [0.4, 0.5) is 0 Å². The van der Waals surface area contributed by atoms with Gasteiger partial charge in [0.2, 0.25) is 0 Å². The molecular formula is C34H44SiTi. The predicted octanol–water partition coefficient (Wildman–Crippen LogP) is 8.07. The maximum atomic E-state index is 2.65. The third-order valence-electron chi connectivity index (χ3n) is 9.05. The summed E-state index contributed by atoms with van der Waals surface area (Å²) in [7, 11) is -2.66. The molecule has 0 saturated carbocycles. The molecule has 36 heavy (non-hydrogen) atoms. The third-order valence-corrected chi connectivity index (χ3v) is 19.2. The minimum absolute atomic E-state index is 0.0299. The second-order valence-electron chi connectivity index (χ2n) is 12.4. The molecule has 0 heterocycles. The molecule has 3 aromatic rings. The average Bonchev–Trinajstić information content (AvgIpc) is 3.00. The van der Waals surface area contributed by atoms with Crippen molar-refractivity contribution in [2.45, 2.75) is 76.1 Å². The van der Waals surface area contributed by atoms with Crippen LogP contribution in [0.5, 0.6) is 0 Å². The predicted molar refractivity (Wildman–Crippen MR) is 160 cm³/mol. The van der Waals surface area contributed by atoms with Gasteiger partial charge in [0.15, 0.2) is 0 Å². The van der Waals surface area contributed by atoms with Crippen LogP contribution in [-0.4, -0.2) is 8.07 Å². The van der Waals surface area contributed by atoms with Crippen LogP contribution in [0.25, 0.3) is 0 Å². The third kappa shape index (κ3) is 3.90. The molecule has 1 aliphatic rings. The fourth-order valence-corrected chi connectivity index (χ4v) is 21.4. The fourth-order valence-electron chi connectivity index (χ4n) is 7.44. The molecule has 0 fully saturated rings. The van der Waals surface area contributed by atoms with Gasteiger partial charge in [0, 0.05) is 0 Å². The van der Waals surface area contributed by atoms with Crippen LogP contribution < -0.4 is 15.6 Å². The number of allylic oxidation sites excluding steroid dienone is 4. The van der Waals surface area contributed by atoms with E-state index in [4.69, 9.17) is 0 Å². The van der Waals surface area contributed by atoms with Crippen molar-refractivity contribution in [3.8, 4) is 0 Å². The van der Waals surface area contributed by atoms with Gasteiger partial charge in [0.05, 0.1) is 0 Å². The summed E-state index contributed by atoms with van der Waals surface area (Å²) in [4.78, 5) is 0. The van der Waals surface area contributed by atoms with Crippen molar-refractivity contribution in [3.05, 3.63) is 110 Å². The zero-order chi connectivity index (χ0) is 26.6. The van der Waals surface area contributed by atoms with Gasteiger partial charge in [0.1, 0.15) is 0 Å². The Morgan fingerprint density at radius 1 is 0.611 bits per heavy atom. The number of aryl methyl sites for hydroxylation is 4. The van der Waals surface area contributed by atoms with E-state index in [2.05, 4.69) is 138 Å². The standard InChI is InChI=1S/C31H35Si.3CH3.Ti/c1-21-14-16-23(3)29(18-21)32(28-12-10-9-11-13-28,30-19-22(2)15-17-24(30)4)31(8)20-25(5)26(6)27(31)7;;;;/h9-19H,1-8H3;3*1H3;. The molecule has 0 aliphatic heterocycles.